The molecule has 3 aromatic rings. The molecule has 0 spiro atoms. The van der Waals surface area contributed by atoms with E-state index in [-0.39, 0.29) is 5.56 Å². The summed E-state index contributed by atoms with van der Waals surface area (Å²) in [7, 11) is 0. The van der Waals surface area contributed by atoms with Gasteiger partial charge in [0.1, 0.15) is 0 Å². The van der Waals surface area contributed by atoms with Gasteiger partial charge >= 0.3 is 5.97 Å². The topological polar surface area (TPSA) is 50.2 Å². The number of aromatic carboxylic acids is 1. The smallest absolute Gasteiger partial charge is 0.336 e. The summed E-state index contributed by atoms with van der Waals surface area (Å²) >= 11 is 6.20. The van der Waals surface area contributed by atoms with E-state index in [1.54, 1.807) is 12.1 Å². The van der Waals surface area contributed by atoms with Crippen LogP contribution in [0, 0.1) is 13.8 Å². The molecule has 1 aromatic heterocycles. The second-order valence-corrected chi connectivity index (χ2v) is 5.72. The molecule has 0 saturated carbocycles. The van der Waals surface area contributed by atoms with Gasteiger partial charge in [-0.05, 0) is 37.6 Å². The molecule has 0 bridgehead atoms. The van der Waals surface area contributed by atoms with E-state index in [4.69, 9.17) is 11.6 Å². The largest absolute Gasteiger partial charge is 0.478 e. The normalized spacial score (nSPS) is 10.9. The highest BCUT2D eigenvalue weighted by molar-refractivity contribution is 6.36. The number of carboxylic acids is 1. The second-order valence-electron chi connectivity index (χ2n) is 5.32. The summed E-state index contributed by atoms with van der Waals surface area (Å²) in [6.45, 7) is 3.89. The Morgan fingerprint density at radius 1 is 1.14 bits per heavy atom. The lowest BCUT2D eigenvalue weighted by Crippen LogP contribution is -2.02. The Balaban J connectivity index is 2.39. The number of carbonyl (C=O) groups is 1. The van der Waals surface area contributed by atoms with E-state index >= 15 is 0 Å². The molecule has 110 valence electrons. The molecule has 0 saturated heterocycles. The number of aromatic nitrogens is 1. The minimum absolute atomic E-state index is 0.176. The van der Waals surface area contributed by atoms with Crippen LogP contribution >= 0.6 is 11.6 Å². The number of rotatable bonds is 2. The van der Waals surface area contributed by atoms with Crippen molar-refractivity contribution in [2.75, 3.05) is 0 Å². The molecule has 0 aliphatic carbocycles. The maximum atomic E-state index is 11.6. The highest BCUT2D eigenvalue weighted by Gasteiger charge is 2.16. The maximum Gasteiger partial charge on any atom is 0.336 e. The zero-order valence-electron chi connectivity index (χ0n) is 12.2. The molecule has 2 aromatic carbocycles. The van der Waals surface area contributed by atoms with E-state index in [1.165, 1.54) is 0 Å². The molecule has 3 nitrogen and oxygen atoms in total. The van der Waals surface area contributed by atoms with Gasteiger partial charge in [-0.1, -0.05) is 41.4 Å². The number of hydrogen-bond donors (Lipinski definition) is 1. The first-order valence-corrected chi connectivity index (χ1v) is 7.25. The third-order valence-corrected chi connectivity index (χ3v) is 3.97. The number of fused-ring (bicyclic) bond motifs is 1. The number of pyridine rings is 1. The van der Waals surface area contributed by atoms with Gasteiger partial charge in [0.25, 0.3) is 0 Å². The third kappa shape index (κ3) is 2.44. The predicted molar refractivity (Wildman–Crippen MR) is 88.6 cm³/mol. The van der Waals surface area contributed by atoms with Gasteiger partial charge in [0, 0.05) is 10.9 Å². The van der Waals surface area contributed by atoms with E-state index in [1.807, 2.05) is 44.2 Å². The first-order chi connectivity index (χ1) is 10.5. The maximum absolute atomic E-state index is 11.6. The van der Waals surface area contributed by atoms with Gasteiger partial charge in [-0.2, -0.15) is 0 Å². The Hall–Kier alpha value is -2.39. The van der Waals surface area contributed by atoms with E-state index in [0.29, 0.717) is 21.6 Å². The lowest BCUT2D eigenvalue weighted by atomic mass is 10.0. The molecule has 0 amide bonds. The molecule has 0 unspecified atom stereocenters. The number of benzene rings is 2. The number of hydrogen-bond acceptors (Lipinski definition) is 2. The van der Waals surface area contributed by atoms with Crippen molar-refractivity contribution in [3.63, 3.8) is 0 Å². The lowest BCUT2D eigenvalue weighted by molar-refractivity contribution is 0.0699. The third-order valence-electron chi connectivity index (χ3n) is 3.66. The number of carboxylic acid groups (broad SMARTS) is 1. The highest BCUT2D eigenvalue weighted by Crippen LogP contribution is 2.32. The molecule has 3 rings (SSSR count). The molecule has 22 heavy (non-hydrogen) atoms. The highest BCUT2D eigenvalue weighted by atomic mass is 35.5. The van der Waals surface area contributed by atoms with Crippen molar-refractivity contribution >= 4 is 28.5 Å². The van der Waals surface area contributed by atoms with Crippen molar-refractivity contribution < 1.29 is 9.90 Å². The van der Waals surface area contributed by atoms with Gasteiger partial charge in [-0.3, -0.25) is 0 Å². The zero-order valence-corrected chi connectivity index (χ0v) is 13.0. The van der Waals surface area contributed by atoms with Crippen molar-refractivity contribution in [3.05, 3.63) is 64.2 Å². The van der Waals surface area contributed by atoms with Gasteiger partial charge < -0.3 is 5.11 Å². The van der Waals surface area contributed by atoms with Crippen LogP contribution in [-0.4, -0.2) is 16.1 Å². The molecule has 0 aliphatic rings. The summed E-state index contributed by atoms with van der Waals surface area (Å²) in [5.74, 6) is -1.01. The Morgan fingerprint density at radius 2 is 1.91 bits per heavy atom. The van der Waals surface area contributed by atoms with E-state index in [9.17, 15) is 9.90 Å². The van der Waals surface area contributed by atoms with Crippen LogP contribution in [0.25, 0.3) is 22.2 Å². The summed E-state index contributed by atoms with van der Waals surface area (Å²) in [4.78, 5) is 16.3. The molecule has 4 heteroatoms. The van der Waals surface area contributed by atoms with Crippen molar-refractivity contribution in [2.45, 2.75) is 13.8 Å². The molecular weight excluding hydrogens is 298 g/mol. The predicted octanol–water partition coefficient (Wildman–Crippen LogP) is 4.87. The van der Waals surface area contributed by atoms with Crippen molar-refractivity contribution in [2.24, 2.45) is 0 Å². The number of aryl methyl sites for hydroxylation is 2. The van der Waals surface area contributed by atoms with E-state index in [2.05, 4.69) is 4.98 Å². The number of halogens is 1. The van der Waals surface area contributed by atoms with Gasteiger partial charge in [0.2, 0.25) is 0 Å². The Labute approximate surface area is 133 Å². The van der Waals surface area contributed by atoms with Crippen LogP contribution in [0.3, 0.4) is 0 Å². The summed E-state index contributed by atoms with van der Waals surface area (Å²) in [5.41, 5.74) is 4.33. The van der Waals surface area contributed by atoms with Crippen LogP contribution in [-0.2, 0) is 0 Å². The first-order valence-electron chi connectivity index (χ1n) is 6.87. The summed E-state index contributed by atoms with van der Waals surface area (Å²) in [6, 6.07) is 13.0. The molecule has 1 N–H and O–H groups in total. The van der Waals surface area contributed by atoms with Gasteiger partial charge in [0.15, 0.2) is 0 Å². The lowest BCUT2D eigenvalue weighted by Gasteiger charge is -2.11. The Kier molecular flexibility index (Phi) is 3.59. The Morgan fingerprint density at radius 3 is 2.59 bits per heavy atom. The second kappa shape index (κ2) is 5.43. The van der Waals surface area contributed by atoms with Gasteiger partial charge in [-0.25, -0.2) is 9.78 Å². The zero-order chi connectivity index (χ0) is 15.9. The van der Waals surface area contributed by atoms with Gasteiger partial charge in [-0.15, -0.1) is 0 Å². The molecule has 0 atom stereocenters. The van der Waals surface area contributed by atoms with E-state index < -0.39 is 5.97 Å². The van der Waals surface area contributed by atoms with Crippen molar-refractivity contribution in [3.8, 4) is 11.3 Å². The first kappa shape index (κ1) is 14.5. The van der Waals surface area contributed by atoms with Crippen LogP contribution in [0.4, 0.5) is 0 Å². The molecule has 0 radical (unpaired) electrons. The molecular formula is C18H14ClNO2. The summed E-state index contributed by atoms with van der Waals surface area (Å²) in [6.07, 6.45) is 0. The fourth-order valence-electron chi connectivity index (χ4n) is 2.55. The van der Waals surface area contributed by atoms with Crippen LogP contribution in [0.1, 0.15) is 21.5 Å². The fraction of sp³-hybridized carbons (Fsp3) is 0.111. The average Bonchev–Trinajstić information content (AvgIpc) is 2.50. The molecule has 1 heterocycles. The van der Waals surface area contributed by atoms with Crippen LogP contribution in [0.15, 0.2) is 42.5 Å². The average molecular weight is 312 g/mol. The standard InChI is InChI=1S/C18H14ClNO2/c1-10-4-3-5-12(8-10)15-9-13(18(21)22)16-14(19)7-6-11(2)17(16)20-15/h3-9H,1-2H3,(H,21,22). The SMILES string of the molecule is Cc1cccc(-c2cc(C(=O)O)c3c(Cl)ccc(C)c3n2)c1. The minimum atomic E-state index is -1.01. The quantitative estimate of drug-likeness (QED) is 0.734. The summed E-state index contributed by atoms with van der Waals surface area (Å²) in [5, 5.41) is 10.4. The Bertz CT molecular complexity index is 903. The monoisotopic (exact) mass is 311 g/mol. The van der Waals surface area contributed by atoms with Crippen LogP contribution in [0.2, 0.25) is 5.02 Å². The van der Waals surface area contributed by atoms with Crippen molar-refractivity contribution in [1.29, 1.82) is 0 Å². The number of nitrogens with zero attached hydrogens (tertiary/aromatic N) is 1. The summed E-state index contributed by atoms with van der Waals surface area (Å²) < 4.78 is 0. The van der Waals surface area contributed by atoms with E-state index in [0.717, 1.165) is 16.7 Å². The van der Waals surface area contributed by atoms with Crippen LogP contribution < -0.4 is 0 Å². The van der Waals surface area contributed by atoms with Crippen LogP contribution in [0.5, 0.6) is 0 Å². The molecule has 0 fully saturated rings. The van der Waals surface area contributed by atoms with Gasteiger partial charge in [0.05, 0.1) is 21.8 Å². The van der Waals surface area contributed by atoms with Crippen molar-refractivity contribution in [1.82, 2.24) is 4.98 Å². The fourth-order valence-corrected chi connectivity index (χ4v) is 2.81. The minimum Gasteiger partial charge on any atom is -0.478 e. The molecule has 0 aliphatic heterocycles.